The Bertz CT molecular complexity index is 565. The number of pyridine rings is 1. The maximum atomic E-state index is 4.12. The third-order valence-corrected chi connectivity index (χ3v) is 3.73. The predicted molar refractivity (Wildman–Crippen MR) is 78.4 cm³/mol. The monoisotopic (exact) mass is 253 g/mol. The van der Waals surface area contributed by atoms with Crippen molar-refractivity contribution in [3.63, 3.8) is 0 Å². The van der Waals surface area contributed by atoms with Gasteiger partial charge in [0, 0.05) is 30.7 Å². The van der Waals surface area contributed by atoms with Gasteiger partial charge in [0.15, 0.2) is 0 Å². The summed E-state index contributed by atoms with van der Waals surface area (Å²) in [5.41, 5.74) is 5.25. The molecule has 1 aliphatic rings. The standard InChI is InChI=1S/C16H19N3/c1-12-10-17-8-7-15(12)19-11-16-14-5-3-2-4-13(14)6-9-18-16/h2-5,7-8,10,16,18H,6,9,11H2,1H3,(H,17,19). The van der Waals surface area contributed by atoms with Crippen LogP contribution in [0, 0.1) is 6.92 Å². The summed E-state index contributed by atoms with van der Waals surface area (Å²) in [5.74, 6) is 0. The van der Waals surface area contributed by atoms with Gasteiger partial charge in [0.05, 0.1) is 0 Å². The van der Waals surface area contributed by atoms with Crippen LogP contribution >= 0.6 is 0 Å². The van der Waals surface area contributed by atoms with Crippen molar-refractivity contribution in [3.05, 3.63) is 59.4 Å². The van der Waals surface area contributed by atoms with Gasteiger partial charge in [0.1, 0.15) is 0 Å². The number of anilines is 1. The lowest BCUT2D eigenvalue weighted by molar-refractivity contribution is 0.523. The lowest BCUT2D eigenvalue weighted by Gasteiger charge is -2.27. The molecule has 0 spiro atoms. The van der Waals surface area contributed by atoms with E-state index in [1.807, 2.05) is 18.5 Å². The van der Waals surface area contributed by atoms with Gasteiger partial charge in [0.2, 0.25) is 0 Å². The van der Waals surface area contributed by atoms with E-state index < -0.39 is 0 Å². The molecule has 0 bridgehead atoms. The summed E-state index contributed by atoms with van der Waals surface area (Å²) >= 11 is 0. The second-order valence-corrected chi connectivity index (χ2v) is 5.03. The number of fused-ring (bicyclic) bond motifs is 1. The summed E-state index contributed by atoms with van der Waals surface area (Å²) in [4.78, 5) is 4.12. The zero-order valence-corrected chi connectivity index (χ0v) is 11.2. The summed E-state index contributed by atoms with van der Waals surface area (Å²) in [6.45, 7) is 4.04. The van der Waals surface area contributed by atoms with Crippen LogP contribution in [0.3, 0.4) is 0 Å². The summed E-state index contributed by atoms with van der Waals surface area (Å²) < 4.78 is 0. The molecule has 1 aliphatic heterocycles. The third kappa shape index (κ3) is 2.61. The van der Waals surface area contributed by atoms with E-state index in [1.165, 1.54) is 22.4 Å². The van der Waals surface area contributed by atoms with Crippen molar-refractivity contribution < 1.29 is 0 Å². The molecule has 3 rings (SSSR count). The number of benzene rings is 1. The van der Waals surface area contributed by atoms with Crippen LogP contribution in [0.25, 0.3) is 0 Å². The van der Waals surface area contributed by atoms with Gasteiger partial charge in [-0.2, -0.15) is 0 Å². The first-order valence-corrected chi connectivity index (χ1v) is 6.80. The molecule has 2 N–H and O–H groups in total. The predicted octanol–water partition coefficient (Wildman–Crippen LogP) is 2.69. The van der Waals surface area contributed by atoms with Gasteiger partial charge in [-0.15, -0.1) is 0 Å². The molecule has 0 fully saturated rings. The third-order valence-electron chi connectivity index (χ3n) is 3.73. The van der Waals surface area contributed by atoms with E-state index in [0.717, 1.165) is 19.5 Å². The summed E-state index contributed by atoms with van der Waals surface area (Å²) in [7, 11) is 0. The highest BCUT2D eigenvalue weighted by Gasteiger charge is 2.18. The van der Waals surface area contributed by atoms with Gasteiger partial charge in [0.25, 0.3) is 0 Å². The smallest absolute Gasteiger partial charge is 0.0498 e. The van der Waals surface area contributed by atoms with E-state index in [4.69, 9.17) is 0 Å². The summed E-state index contributed by atoms with van der Waals surface area (Å²) in [6.07, 6.45) is 4.85. The molecule has 3 heteroatoms. The van der Waals surface area contributed by atoms with Gasteiger partial charge >= 0.3 is 0 Å². The Hall–Kier alpha value is -1.87. The van der Waals surface area contributed by atoms with Crippen LogP contribution < -0.4 is 10.6 Å². The topological polar surface area (TPSA) is 37.0 Å². The molecule has 1 aromatic carbocycles. The normalized spacial score (nSPS) is 17.8. The van der Waals surface area contributed by atoms with E-state index in [1.54, 1.807) is 0 Å². The summed E-state index contributed by atoms with van der Waals surface area (Å²) in [6, 6.07) is 11.1. The molecule has 2 aromatic rings. The molecule has 1 aromatic heterocycles. The minimum absolute atomic E-state index is 0.387. The van der Waals surface area contributed by atoms with E-state index in [9.17, 15) is 0 Å². The second kappa shape index (κ2) is 5.41. The molecular weight excluding hydrogens is 234 g/mol. The van der Waals surface area contributed by atoms with Gasteiger partial charge in [-0.3, -0.25) is 4.98 Å². The van der Waals surface area contributed by atoms with E-state index in [0.29, 0.717) is 6.04 Å². The number of aryl methyl sites for hydroxylation is 1. The van der Waals surface area contributed by atoms with Crippen molar-refractivity contribution in [1.29, 1.82) is 0 Å². The van der Waals surface area contributed by atoms with E-state index in [-0.39, 0.29) is 0 Å². The quantitative estimate of drug-likeness (QED) is 0.883. The largest absolute Gasteiger partial charge is 0.383 e. The van der Waals surface area contributed by atoms with Gasteiger partial charge < -0.3 is 10.6 Å². The molecule has 0 saturated carbocycles. The minimum Gasteiger partial charge on any atom is -0.383 e. The zero-order valence-electron chi connectivity index (χ0n) is 11.2. The maximum Gasteiger partial charge on any atom is 0.0498 e. The van der Waals surface area contributed by atoms with Crippen LogP contribution in [0.2, 0.25) is 0 Å². The fraction of sp³-hybridized carbons (Fsp3) is 0.312. The lowest BCUT2D eigenvalue weighted by atomic mass is 9.94. The fourth-order valence-corrected chi connectivity index (χ4v) is 2.66. The second-order valence-electron chi connectivity index (χ2n) is 5.03. The van der Waals surface area contributed by atoms with Crippen molar-refractivity contribution in [3.8, 4) is 0 Å². The van der Waals surface area contributed by atoms with E-state index in [2.05, 4.69) is 46.8 Å². The molecule has 0 aliphatic carbocycles. The van der Waals surface area contributed by atoms with Crippen molar-refractivity contribution in [1.82, 2.24) is 10.3 Å². The fourth-order valence-electron chi connectivity index (χ4n) is 2.66. The van der Waals surface area contributed by atoms with Crippen LogP contribution in [-0.4, -0.2) is 18.1 Å². The molecule has 1 unspecified atom stereocenters. The highest BCUT2D eigenvalue weighted by Crippen LogP contribution is 2.23. The molecule has 2 heterocycles. The molecule has 1 atom stereocenters. The van der Waals surface area contributed by atoms with E-state index >= 15 is 0 Å². The van der Waals surface area contributed by atoms with Crippen LogP contribution in [0.15, 0.2) is 42.7 Å². The molecular formula is C16H19N3. The van der Waals surface area contributed by atoms with Crippen molar-refractivity contribution in [2.45, 2.75) is 19.4 Å². The minimum atomic E-state index is 0.387. The van der Waals surface area contributed by atoms with Crippen LogP contribution in [0.1, 0.15) is 22.7 Å². The van der Waals surface area contributed by atoms with Gasteiger partial charge in [-0.1, -0.05) is 24.3 Å². The molecule has 0 amide bonds. The number of nitrogens with zero attached hydrogens (tertiary/aromatic N) is 1. The Kier molecular flexibility index (Phi) is 3.47. The SMILES string of the molecule is Cc1cnccc1NCC1NCCc2ccccc21. The highest BCUT2D eigenvalue weighted by molar-refractivity contribution is 5.49. The Morgan fingerprint density at radius 2 is 2.21 bits per heavy atom. The average molecular weight is 253 g/mol. The molecule has 19 heavy (non-hydrogen) atoms. The molecule has 3 nitrogen and oxygen atoms in total. The number of nitrogens with one attached hydrogen (secondary N) is 2. The highest BCUT2D eigenvalue weighted by atomic mass is 15.0. The molecule has 0 radical (unpaired) electrons. The Morgan fingerprint density at radius 1 is 1.32 bits per heavy atom. The zero-order chi connectivity index (χ0) is 13.1. The Labute approximate surface area is 114 Å². The maximum absolute atomic E-state index is 4.12. The Balaban J connectivity index is 1.73. The molecule has 0 saturated heterocycles. The number of rotatable bonds is 3. The number of aromatic nitrogens is 1. The van der Waals surface area contributed by atoms with Gasteiger partial charge in [-0.25, -0.2) is 0 Å². The van der Waals surface area contributed by atoms with Gasteiger partial charge in [-0.05, 0) is 42.6 Å². The first-order valence-electron chi connectivity index (χ1n) is 6.80. The van der Waals surface area contributed by atoms with Crippen molar-refractivity contribution in [2.24, 2.45) is 0 Å². The summed E-state index contributed by atoms with van der Waals surface area (Å²) in [5, 5.41) is 7.11. The van der Waals surface area contributed by atoms with Crippen molar-refractivity contribution in [2.75, 3.05) is 18.4 Å². The molecule has 98 valence electrons. The van der Waals surface area contributed by atoms with Crippen molar-refractivity contribution >= 4 is 5.69 Å². The van der Waals surface area contributed by atoms with Crippen LogP contribution in [0.4, 0.5) is 5.69 Å². The number of hydrogen-bond acceptors (Lipinski definition) is 3. The lowest BCUT2D eigenvalue weighted by Crippen LogP contribution is -2.34. The average Bonchev–Trinajstić information content (AvgIpc) is 2.46. The first kappa shape index (κ1) is 12.2. The van der Waals surface area contributed by atoms with Crippen LogP contribution in [-0.2, 0) is 6.42 Å². The number of hydrogen-bond donors (Lipinski definition) is 2. The van der Waals surface area contributed by atoms with Crippen LogP contribution in [0.5, 0.6) is 0 Å². The Morgan fingerprint density at radius 3 is 3.11 bits per heavy atom. The first-order chi connectivity index (χ1) is 9.34.